The maximum absolute atomic E-state index is 4.52. The third kappa shape index (κ3) is 3.42. The second kappa shape index (κ2) is 6.14. The molecule has 0 fully saturated rings. The number of thiazole rings is 1. The first-order valence-corrected chi connectivity index (χ1v) is 8.45. The Morgan fingerprint density at radius 2 is 1.95 bits per heavy atom. The summed E-state index contributed by atoms with van der Waals surface area (Å²) in [5, 5.41) is 1.27. The Labute approximate surface area is 124 Å². The van der Waals surface area contributed by atoms with E-state index in [1.54, 1.807) is 11.5 Å². The van der Waals surface area contributed by atoms with Crippen molar-refractivity contribution in [2.45, 2.75) is 59.3 Å². The fourth-order valence-corrected chi connectivity index (χ4v) is 4.31. The van der Waals surface area contributed by atoms with Crippen LogP contribution in [0.25, 0.3) is 0 Å². The van der Waals surface area contributed by atoms with Crippen molar-refractivity contribution < 1.29 is 0 Å². The van der Waals surface area contributed by atoms with E-state index in [1.807, 2.05) is 17.5 Å². The first kappa shape index (κ1) is 14.7. The van der Waals surface area contributed by atoms with E-state index in [2.05, 4.69) is 44.0 Å². The van der Waals surface area contributed by atoms with Gasteiger partial charge in [0.15, 0.2) is 0 Å². The number of hydrogen-bond acceptors (Lipinski definition) is 4. The summed E-state index contributed by atoms with van der Waals surface area (Å²) in [4.78, 5) is 7.27. The van der Waals surface area contributed by atoms with E-state index in [-0.39, 0.29) is 0 Å². The Bertz CT molecular complexity index is 540. The lowest BCUT2D eigenvalue weighted by molar-refractivity contribution is 0.673. The number of aromatic nitrogens is 2. The molecule has 0 bridgehead atoms. The second-order valence-electron chi connectivity index (χ2n) is 5.51. The van der Waals surface area contributed by atoms with E-state index in [0.717, 1.165) is 12.8 Å². The fraction of sp³-hybridized carbons (Fsp3) is 0.600. The van der Waals surface area contributed by atoms with Crippen molar-refractivity contribution in [2.24, 2.45) is 0 Å². The van der Waals surface area contributed by atoms with Crippen molar-refractivity contribution in [1.29, 1.82) is 0 Å². The minimum absolute atomic E-state index is 0.543. The predicted molar refractivity (Wildman–Crippen MR) is 84.5 cm³/mol. The van der Waals surface area contributed by atoms with Gasteiger partial charge in [-0.25, -0.2) is 4.98 Å². The van der Waals surface area contributed by atoms with Gasteiger partial charge in [0.25, 0.3) is 0 Å². The first-order chi connectivity index (χ1) is 8.99. The second-order valence-corrected chi connectivity index (χ2v) is 7.63. The lowest BCUT2D eigenvalue weighted by atomic mass is 9.97. The average molecular weight is 294 g/mol. The van der Waals surface area contributed by atoms with Gasteiger partial charge in [0.1, 0.15) is 0 Å². The van der Waals surface area contributed by atoms with Crippen LogP contribution in [0.3, 0.4) is 0 Å². The molecule has 2 nitrogen and oxygen atoms in total. The summed E-state index contributed by atoms with van der Waals surface area (Å²) in [6.07, 6.45) is 4.26. The van der Waals surface area contributed by atoms with Crippen LogP contribution in [0.5, 0.6) is 0 Å². The smallest absolute Gasteiger partial charge is 0.0955 e. The molecule has 0 aliphatic rings. The van der Waals surface area contributed by atoms with Crippen molar-refractivity contribution in [3.05, 3.63) is 32.2 Å². The molecule has 0 saturated carbocycles. The van der Waals surface area contributed by atoms with Crippen LogP contribution in [0, 0.1) is 13.8 Å². The van der Waals surface area contributed by atoms with E-state index >= 15 is 0 Å². The Morgan fingerprint density at radius 1 is 1.21 bits per heavy atom. The van der Waals surface area contributed by atoms with E-state index in [9.17, 15) is 0 Å². The molecule has 2 aromatic rings. The molecule has 0 saturated heterocycles. The first-order valence-electron chi connectivity index (χ1n) is 6.86. The molecular formula is C15H22N2S2. The lowest BCUT2D eigenvalue weighted by Crippen LogP contribution is -1.98. The molecule has 0 spiro atoms. The molecule has 2 rings (SSSR count). The van der Waals surface area contributed by atoms with Crippen molar-refractivity contribution >= 4 is 22.9 Å². The van der Waals surface area contributed by atoms with Gasteiger partial charge in [0.05, 0.1) is 10.7 Å². The summed E-state index contributed by atoms with van der Waals surface area (Å²) < 4.78 is 4.52. The maximum atomic E-state index is 4.52. The Kier molecular flexibility index (Phi) is 4.74. The Morgan fingerprint density at radius 3 is 2.53 bits per heavy atom. The van der Waals surface area contributed by atoms with Crippen molar-refractivity contribution in [3.8, 4) is 0 Å². The SMILES string of the molecule is Cc1cnc(C(C)CCc2snc(C)c2C(C)C)s1. The maximum Gasteiger partial charge on any atom is 0.0955 e. The molecular weight excluding hydrogens is 272 g/mol. The van der Waals surface area contributed by atoms with E-state index in [0.29, 0.717) is 11.8 Å². The Balaban J connectivity index is 2.03. The van der Waals surface area contributed by atoms with Gasteiger partial charge in [0.2, 0.25) is 0 Å². The molecule has 0 N–H and O–H groups in total. The van der Waals surface area contributed by atoms with Crippen LogP contribution in [0.1, 0.15) is 65.0 Å². The van der Waals surface area contributed by atoms with Gasteiger partial charge in [-0.05, 0) is 49.7 Å². The molecule has 0 radical (unpaired) electrons. The molecule has 2 aromatic heterocycles. The minimum Gasteiger partial charge on any atom is -0.249 e. The van der Waals surface area contributed by atoms with Gasteiger partial charge >= 0.3 is 0 Å². The molecule has 19 heavy (non-hydrogen) atoms. The molecule has 1 unspecified atom stereocenters. The highest BCUT2D eigenvalue weighted by Crippen LogP contribution is 2.31. The highest BCUT2D eigenvalue weighted by Gasteiger charge is 2.16. The molecule has 0 aromatic carbocycles. The van der Waals surface area contributed by atoms with Gasteiger partial charge in [-0.1, -0.05) is 20.8 Å². The summed E-state index contributed by atoms with van der Waals surface area (Å²) in [5.41, 5.74) is 2.68. The topological polar surface area (TPSA) is 25.8 Å². The molecule has 1 atom stereocenters. The third-order valence-corrected chi connectivity index (χ3v) is 5.58. The molecule has 4 heteroatoms. The van der Waals surface area contributed by atoms with Gasteiger partial charge in [-0.3, -0.25) is 0 Å². The lowest BCUT2D eigenvalue weighted by Gasteiger charge is -2.10. The van der Waals surface area contributed by atoms with E-state index < -0.39 is 0 Å². The van der Waals surface area contributed by atoms with Gasteiger partial charge in [0, 0.05) is 21.9 Å². The molecule has 2 heterocycles. The number of rotatable bonds is 5. The van der Waals surface area contributed by atoms with Crippen LogP contribution in [-0.4, -0.2) is 9.36 Å². The predicted octanol–water partition coefficient (Wildman–Crippen LogP) is 5.08. The van der Waals surface area contributed by atoms with Gasteiger partial charge in [-0.15, -0.1) is 11.3 Å². The fourth-order valence-electron chi connectivity index (χ4n) is 2.41. The number of aryl methyl sites for hydroxylation is 3. The molecule has 104 valence electrons. The molecule has 0 aliphatic heterocycles. The van der Waals surface area contributed by atoms with Crippen LogP contribution in [0.15, 0.2) is 6.20 Å². The standard InChI is InChI=1S/C15H22N2S2/c1-9(2)14-12(5)17-19-13(14)7-6-10(3)15-16-8-11(4)18-15/h8-10H,6-7H2,1-5H3. The van der Waals surface area contributed by atoms with Crippen LogP contribution in [0.2, 0.25) is 0 Å². The summed E-state index contributed by atoms with van der Waals surface area (Å²) in [6, 6.07) is 0. The van der Waals surface area contributed by atoms with Crippen molar-refractivity contribution in [3.63, 3.8) is 0 Å². The van der Waals surface area contributed by atoms with E-state index in [1.165, 1.54) is 26.0 Å². The minimum atomic E-state index is 0.543. The molecule has 0 amide bonds. The quantitative estimate of drug-likeness (QED) is 0.769. The van der Waals surface area contributed by atoms with Crippen LogP contribution in [0.4, 0.5) is 0 Å². The summed E-state index contributed by atoms with van der Waals surface area (Å²) in [7, 11) is 0. The monoisotopic (exact) mass is 294 g/mol. The molecule has 0 aliphatic carbocycles. The van der Waals surface area contributed by atoms with Crippen LogP contribution >= 0.6 is 22.9 Å². The highest BCUT2D eigenvalue weighted by atomic mass is 32.1. The van der Waals surface area contributed by atoms with Crippen molar-refractivity contribution in [2.75, 3.05) is 0 Å². The van der Waals surface area contributed by atoms with E-state index in [4.69, 9.17) is 0 Å². The number of nitrogens with zero attached hydrogens (tertiary/aromatic N) is 2. The zero-order valence-corrected chi connectivity index (χ0v) is 14.0. The van der Waals surface area contributed by atoms with Crippen LogP contribution < -0.4 is 0 Å². The zero-order valence-electron chi connectivity index (χ0n) is 12.4. The third-order valence-electron chi connectivity index (χ3n) is 3.43. The van der Waals surface area contributed by atoms with Gasteiger partial charge < -0.3 is 0 Å². The average Bonchev–Trinajstić information content (AvgIpc) is 2.92. The van der Waals surface area contributed by atoms with Gasteiger partial charge in [-0.2, -0.15) is 4.37 Å². The summed E-state index contributed by atoms with van der Waals surface area (Å²) >= 11 is 3.50. The van der Waals surface area contributed by atoms with Crippen LogP contribution in [-0.2, 0) is 6.42 Å². The Hall–Kier alpha value is -0.740. The summed E-state index contributed by atoms with van der Waals surface area (Å²) in [6.45, 7) is 11.0. The summed E-state index contributed by atoms with van der Waals surface area (Å²) in [5.74, 6) is 1.12. The normalized spacial score (nSPS) is 13.2. The highest BCUT2D eigenvalue weighted by molar-refractivity contribution is 7.11. The number of hydrogen-bond donors (Lipinski definition) is 0. The zero-order chi connectivity index (χ0) is 14.0. The largest absolute Gasteiger partial charge is 0.249 e. The van der Waals surface area contributed by atoms with Crippen molar-refractivity contribution in [1.82, 2.24) is 9.36 Å².